The van der Waals surface area contributed by atoms with Crippen LogP contribution >= 0.6 is 0 Å². The van der Waals surface area contributed by atoms with Crippen LogP contribution in [0.2, 0.25) is 0 Å². The van der Waals surface area contributed by atoms with Gasteiger partial charge in [-0.15, -0.1) is 0 Å². The van der Waals surface area contributed by atoms with Gasteiger partial charge in [0.05, 0.1) is 5.56 Å². The Morgan fingerprint density at radius 2 is 2.19 bits per heavy atom. The predicted octanol–water partition coefficient (Wildman–Crippen LogP) is 1.36. The number of benzene rings is 1. The van der Waals surface area contributed by atoms with E-state index < -0.39 is 5.97 Å². The summed E-state index contributed by atoms with van der Waals surface area (Å²) in [4.78, 5) is 11.0. The quantitative estimate of drug-likeness (QED) is 0.730. The van der Waals surface area contributed by atoms with Gasteiger partial charge < -0.3 is 15.6 Å². The predicted molar refractivity (Wildman–Crippen MR) is 75.4 cm³/mol. The lowest BCUT2D eigenvalue weighted by molar-refractivity contribution is -0.132. The highest BCUT2D eigenvalue weighted by molar-refractivity contribution is 5.86. The minimum absolute atomic E-state index is 0.131. The second kappa shape index (κ2) is 8.36. The number of carbonyl (C=O) groups is 1. The van der Waals surface area contributed by atoms with E-state index in [2.05, 4.69) is 0 Å². The third-order valence-corrected chi connectivity index (χ3v) is 2.73. The molecule has 6 heteroatoms. The summed E-state index contributed by atoms with van der Waals surface area (Å²) >= 11 is 0. The molecule has 3 N–H and O–H groups in total. The minimum Gasteiger partial charge on any atom is -0.478 e. The largest absolute Gasteiger partial charge is 0.478 e. The summed E-state index contributed by atoms with van der Waals surface area (Å²) in [7, 11) is 0. The number of carboxylic acids is 1. The molecule has 0 fully saturated rings. The van der Waals surface area contributed by atoms with Gasteiger partial charge in [-0.3, -0.25) is 0 Å². The molecule has 0 aliphatic heterocycles. The monoisotopic (exact) mass is 285 g/mol. The van der Waals surface area contributed by atoms with E-state index >= 15 is 0 Å². The highest BCUT2D eigenvalue weighted by Crippen LogP contribution is 2.20. The van der Waals surface area contributed by atoms with E-state index in [9.17, 15) is 4.79 Å². The Bertz CT molecular complexity index is 624. The van der Waals surface area contributed by atoms with Gasteiger partial charge in [-0.25, -0.2) is 4.79 Å². The number of allylic oxidation sites excluding steroid dienone is 1. The molecule has 0 aromatic heterocycles. The summed E-state index contributed by atoms with van der Waals surface area (Å²) in [6.45, 7) is 0.135. The fourth-order valence-corrected chi connectivity index (χ4v) is 1.72. The van der Waals surface area contributed by atoms with E-state index in [0.29, 0.717) is 24.2 Å². The number of nitriles is 2. The Balaban J connectivity index is 2.90. The summed E-state index contributed by atoms with van der Waals surface area (Å²) in [6, 6.07) is 8.76. The molecule has 0 unspecified atom stereocenters. The van der Waals surface area contributed by atoms with Crippen LogP contribution in [0.3, 0.4) is 0 Å². The molecule has 0 atom stereocenters. The van der Waals surface area contributed by atoms with Gasteiger partial charge in [-0.05, 0) is 37.1 Å². The van der Waals surface area contributed by atoms with E-state index in [4.69, 9.17) is 26.1 Å². The zero-order valence-electron chi connectivity index (χ0n) is 11.4. The highest BCUT2D eigenvalue weighted by atomic mass is 16.5. The van der Waals surface area contributed by atoms with E-state index in [0.717, 1.165) is 5.56 Å². The summed E-state index contributed by atoms with van der Waals surface area (Å²) in [5.41, 5.74) is 6.70. The van der Waals surface area contributed by atoms with Crippen molar-refractivity contribution < 1.29 is 14.6 Å². The van der Waals surface area contributed by atoms with Gasteiger partial charge in [-0.2, -0.15) is 10.5 Å². The standard InChI is InChI=1S/C15H15N3O3/c16-6-5-12(15(19)20)3-1-11-2-4-14(21-8-7-17)13(9-11)10-18/h2-4,9H,1,5-6,8,16H2,(H,19,20)/b12-3+. The third-order valence-electron chi connectivity index (χ3n) is 2.73. The van der Waals surface area contributed by atoms with Crippen molar-refractivity contribution in [1.82, 2.24) is 0 Å². The zero-order valence-corrected chi connectivity index (χ0v) is 11.4. The van der Waals surface area contributed by atoms with Crippen molar-refractivity contribution in [1.29, 1.82) is 10.5 Å². The second-order valence-corrected chi connectivity index (χ2v) is 4.17. The lowest BCUT2D eigenvalue weighted by atomic mass is 10.0. The Kier molecular flexibility index (Phi) is 6.46. The van der Waals surface area contributed by atoms with Crippen molar-refractivity contribution in [2.24, 2.45) is 5.73 Å². The Morgan fingerprint density at radius 3 is 2.76 bits per heavy atom. The van der Waals surface area contributed by atoms with Gasteiger partial charge in [0.1, 0.15) is 17.9 Å². The number of hydrogen-bond donors (Lipinski definition) is 2. The van der Waals surface area contributed by atoms with E-state index in [1.807, 2.05) is 12.1 Å². The van der Waals surface area contributed by atoms with Gasteiger partial charge in [0.15, 0.2) is 6.61 Å². The van der Waals surface area contributed by atoms with E-state index in [1.54, 1.807) is 24.3 Å². The van der Waals surface area contributed by atoms with Crippen molar-refractivity contribution >= 4 is 5.97 Å². The molecule has 0 aliphatic rings. The lowest BCUT2D eigenvalue weighted by Crippen LogP contribution is -2.08. The molecular formula is C15H15N3O3. The average Bonchev–Trinajstić information content (AvgIpc) is 2.49. The number of nitrogens with two attached hydrogens (primary N) is 1. The van der Waals surface area contributed by atoms with Crippen molar-refractivity contribution in [3.63, 3.8) is 0 Å². The number of hydrogen-bond acceptors (Lipinski definition) is 5. The number of carboxylic acid groups (broad SMARTS) is 1. The van der Waals surface area contributed by atoms with Gasteiger partial charge >= 0.3 is 5.97 Å². The SMILES string of the molecule is N#CCOc1ccc(C/C=C(\CCN)C(=O)O)cc1C#N. The van der Waals surface area contributed by atoms with Gasteiger partial charge in [0, 0.05) is 5.57 Å². The van der Waals surface area contributed by atoms with Crippen LogP contribution in [-0.4, -0.2) is 24.2 Å². The van der Waals surface area contributed by atoms with Crippen LogP contribution in [0.1, 0.15) is 17.5 Å². The van der Waals surface area contributed by atoms with Gasteiger partial charge in [-0.1, -0.05) is 12.1 Å². The molecule has 0 saturated carbocycles. The van der Waals surface area contributed by atoms with Crippen molar-refractivity contribution in [3.05, 3.63) is 41.0 Å². The first-order chi connectivity index (χ1) is 10.1. The normalized spacial score (nSPS) is 10.5. The molecule has 0 spiro atoms. The minimum atomic E-state index is -0.991. The second-order valence-electron chi connectivity index (χ2n) is 4.17. The van der Waals surface area contributed by atoms with Crippen LogP contribution in [0.5, 0.6) is 5.75 Å². The van der Waals surface area contributed by atoms with Crippen LogP contribution in [0, 0.1) is 22.7 Å². The summed E-state index contributed by atoms with van der Waals surface area (Å²) in [5, 5.41) is 26.5. The molecule has 0 aliphatic carbocycles. The fourth-order valence-electron chi connectivity index (χ4n) is 1.72. The molecule has 108 valence electrons. The molecule has 0 radical (unpaired) electrons. The summed E-state index contributed by atoms with van der Waals surface area (Å²) in [5.74, 6) is -0.651. The molecule has 21 heavy (non-hydrogen) atoms. The smallest absolute Gasteiger partial charge is 0.331 e. The maximum atomic E-state index is 11.0. The molecule has 1 rings (SSSR count). The zero-order chi connectivity index (χ0) is 15.7. The lowest BCUT2D eigenvalue weighted by Gasteiger charge is -2.06. The van der Waals surface area contributed by atoms with Crippen molar-refractivity contribution in [3.8, 4) is 17.9 Å². The van der Waals surface area contributed by atoms with Crippen molar-refractivity contribution in [2.45, 2.75) is 12.8 Å². The first kappa shape index (κ1) is 16.2. The first-order valence-electron chi connectivity index (χ1n) is 6.27. The Labute approximate surface area is 122 Å². The Morgan fingerprint density at radius 1 is 1.43 bits per heavy atom. The molecule has 1 aromatic carbocycles. The molecule has 1 aromatic rings. The third kappa shape index (κ3) is 4.98. The van der Waals surface area contributed by atoms with E-state index in [-0.39, 0.29) is 18.7 Å². The Hall–Kier alpha value is -2.83. The van der Waals surface area contributed by atoms with Crippen molar-refractivity contribution in [2.75, 3.05) is 13.2 Å². The van der Waals surface area contributed by atoms with Crippen LogP contribution < -0.4 is 10.5 Å². The maximum Gasteiger partial charge on any atom is 0.331 e. The highest BCUT2D eigenvalue weighted by Gasteiger charge is 2.07. The molecule has 6 nitrogen and oxygen atoms in total. The van der Waals surface area contributed by atoms with Crippen LogP contribution in [-0.2, 0) is 11.2 Å². The molecular weight excluding hydrogens is 270 g/mol. The molecule has 0 bridgehead atoms. The van der Waals surface area contributed by atoms with Gasteiger partial charge in [0.25, 0.3) is 0 Å². The topological polar surface area (TPSA) is 120 Å². The van der Waals surface area contributed by atoms with Crippen LogP contribution in [0.15, 0.2) is 29.8 Å². The number of aliphatic carboxylic acids is 1. The number of rotatable bonds is 7. The number of ether oxygens (including phenoxy) is 1. The summed E-state index contributed by atoms with van der Waals surface area (Å²) in [6.07, 6.45) is 2.26. The fraction of sp³-hybridized carbons (Fsp3) is 0.267. The maximum absolute atomic E-state index is 11.0. The van der Waals surface area contributed by atoms with Crippen LogP contribution in [0.25, 0.3) is 0 Å². The number of nitrogens with zero attached hydrogens (tertiary/aromatic N) is 2. The summed E-state index contributed by atoms with van der Waals surface area (Å²) < 4.78 is 5.12. The van der Waals surface area contributed by atoms with Crippen LogP contribution in [0.4, 0.5) is 0 Å². The molecule has 0 heterocycles. The molecule has 0 amide bonds. The average molecular weight is 285 g/mol. The van der Waals surface area contributed by atoms with E-state index in [1.165, 1.54) is 0 Å². The molecule has 0 saturated heterocycles. The van der Waals surface area contributed by atoms with Gasteiger partial charge in [0.2, 0.25) is 0 Å². The first-order valence-corrected chi connectivity index (χ1v) is 6.27.